The number of nitrogens with one attached hydrogen (secondary N) is 1. The maximum Gasteiger partial charge on any atom is 0.0584 e. The van der Waals surface area contributed by atoms with Crippen molar-refractivity contribution in [3.63, 3.8) is 0 Å². The second-order valence-electron chi connectivity index (χ2n) is 1.94. The summed E-state index contributed by atoms with van der Waals surface area (Å²) in [6.07, 6.45) is 3.43. The monoisotopic (exact) mass is 132 g/mol. The molecule has 48 valence electrons. The zero-order valence-electron chi connectivity index (χ0n) is 5.18. The fraction of sp³-hybridized carbons (Fsp3) is 1.00. The fourth-order valence-electron chi connectivity index (χ4n) is 0.852. The van der Waals surface area contributed by atoms with Gasteiger partial charge in [-0.05, 0) is 12.7 Å². The molecule has 1 aliphatic rings. The van der Waals surface area contributed by atoms with Crippen LogP contribution in [0.3, 0.4) is 0 Å². The molecule has 3 heteroatoms. The van der Waals surface area contributed by atoms with Crippen LogP contribution in [0.15, 0.2) is 0 Å². The Balaban J connectivity index is 2.06. The molecule has 1 aliphatic heterocycles. The summed E-state index contributed by atoms with van der Waals surface area (Å²) in [5.41, 5.74) is 3.27. The highest BCUT2D eigenvalue weighted by molar-refractivity contribution is 7.98. The Hall–Kier alpha value is 0.270. The van der Waals surface area contributed by atoms with Gasteiger partial charge in [0.05, 0.1) is 5.88 Å². The van der Waals surface area contributed by atoms with Crippen LogP contribution < -0.4 is 5.43 Å². The van der Waals surface area contributed by atoms with Crippen molar-refractivity contribution in [1.29, 1.82) is 0 Å². The summed E-state index contributed by atoms with van der Waals surface area (Å²) in [5, 5.41) is 2.25. The van der Waals surface area contributed by atoms with Crippen molar-refractivity contribution in [3.05, 3.63) is 0 Å². The summed E-state index contributed by atoms with van der Waals surface area (Å²) >= 11 is 1.86. The molecule has 0 atom stereocenters. The summed E-state index contributed by atoms with van der Waals surface area (Å²) in [6, 6.07) is 0. The Kier molecular flexibility index (Phi) is 2.66. The van der Waals surface area contributed by atoms with Crippen molar-refractivity contribution in [2.75, 3.05) is 25.2 Å². The van der Waals surface area contributed by atoms with Gasteiger partial charge in [0.25, 0.3) is 0 Å². The predicted octanol–water partition coefficient (Wildman–Crippen LogP) is 0.517. The number of rotatable bonds is 2. The molecular weight excluding hydrogens is 120 g/mol. The zero-order valence-corrected chi connectivity index (χ0v) is 6.00. The smallest absolute Gasteiger partial charge is 0.0584 e. The third kappa shape index (κ3) is 1.65. The first-order chi connectivity index (χ1) is 3.93. The Labute approximate surface area is 54.6 Å². The highest BCUT2D eigenvalue weighted by Crippen LogP contribution is 2.00. The minimum atomic E-state index is 1.12. The molecule has 2 nitrogen and oxygen atoms in total. The van der Waals surface area contributed by atoms with Gasteiger partial charge in [0.1, 0.15) is 0 Å². The molecule has 0 saturated carbocycles. The van der Waals surface area contributed by atoms with E-state index in [1.54, 1.807) is 0 Å². The molecule has 0 bridgehead atoms. The molecule has 8 heavy (non-hydrogen) atoms. The molecule has 1 saturated heterocycles. The topological polar surface area (TPSA) is 15.3 Å². The quantitative estimate of drug-likeness (QED) is 0.589. The summed E-state index contributed by atoms with van der Waals surface area (Å²) < 4.78 is 0. The van der Waals surface area contributed by atoms with Crippen molar-refractivity contribution in [1.82, 2.24) is 10.4 Å². The van der Waals surface area contributed by atoms with Crippen molar-refractivity contribution < 1.29 is 0 Å². The summed E-state index contributed by atoms with van der Waals surface area (Å²) in [7, 11) is 0. The van der Waals surface area contributed by atoms with Gasteiger partial charge in [0, 0.05) is 13.1 Å². The molecule has 0 aromatic carbocycles. The normalized spacial score (nSPS) is 22.1. The van der Waals surface area contributed by atoms with Crippen molar-refractivity contribution in [3.8, 4) is 0 Å². The largest absolute Gasteiger partial charge is 0.254 e. The zero-order chi connectivity index (χ0) is 5.82. The highest BCUT2D eigenvalue weighted by atomic mass is 32.2. The van der Waals surface area contributed by atoms with Crippen molar-refractivity contribution in [2.45, 2.75) is 6.42 Å². The Morgan fingerprint density at radius 2 is 2.62 bits per heavy atom. The Bertz CT molecular complexity index is 61.4. The number of hydrogen-bond donors (Lipinski definition) is 1. The SMILES string of the molecule is CSCN1CCCN1. The average Bonchev–Trinajstić information content (AvgIpc) is 2.19. The maximum atomic E-state index is 3.27. The summed E-state index contributed by atoms with van der Waals surface area (Å²) in [5.74, 6) is 1.12. The number of nitrogens with zero attached hydrogens (tertiary/aromatic N) is 1. The van der Waals surface area contributed by atoms with E-state index in [1.165, 1.54) is 19.5 Å². The third-order valence-corrected chi connectivity index (χ3v) is 1.80. The molecule has 1 heterocycles. The van der Waals surface area contributed by atoms with Crippen LogP contribution in [-0.4, -0.2) is 30.2 Å². The molecule has 1 fully saturated rings. The van der Waals surface area contributed by atoms with Crippen LogP contribution in [0.25, 0.3) is 0 Å². The van der Waals surface area contributed by atoms with Crippen LogP contribution in [0.1, 0.15) is 6.42 Å². The van der Waals surface area contributed by atoms with Gasteiger partial charge in [0.15, 0.2) is 0 Å². The van der Waals surface area contributed by atoms with E-state index in [-0.39, 0.29) is 0 Å². The van der Waals surface area contributed by atoms with Crippen LogP contribution in [0.2, 0.25) is 0 Å². The number of hydrazine groups is 1. The summed E-state index contributed by atoms with van der Waals surface area (Å²) in [6.45, 7) is 2.39. The lowest BCUT2D eigenvalue weighted by Crippen LogP contribution is -2.29. The second kappa shape index (κ2) is 3.33. The van der Waals surface area contributed by atoms with Gasteiger partial charge in [-0.2, -0.15) is 0 Å². The van der Waals surface area contributed by atoms with Gasteiger partial charge in [0.2, 0.25) is 0 Å². The molecule has 1 rings (SSSR count). The van der Waals surface area contributed by atoms with Crippen molar-refractivity contribution in [2.24, 2.45) is 0 Å². The van der Waals surface area contributed by atoms with Gasteiger partial charge in [-0.25, -0.2) is 5.01 Å². The van der Waals surface area contributed by atoms with Crippen LogP contribution in [-0.2, 0) is 0 Å². The molecule has 0 aromatic rings. The molecule has 0 aliphatic carbocycles. The van der Waals surface area contributed by atoms with Crippen LogP contribution >= 0.6 is 11.8 Å². The van der Waals surface area contributed by atoms with Crippen molar-refractivity contribution >= 4 is 11.8 Å². The molecule has 1 N–H and O–H groups in total. The summed E-state index contributed by atoms with van der Waals surface area (Å²) in [4.78, 5) is 0. The van der Waals surface area contributed by atoms with Gasteiger partial charge in [-0.15, -0.1) is 11.8 Å². The minimum Gasteiger partial charge on any atom is -0.254 e. The van der Waals surface area contributed by atoms with E-state index in [2.05, 4.69) is 16.7 Å². The first-order valence-corrected chi connectivity index (χ1v) is 4.30. The van der Waals surface area contributed by atoms with Gasteiger partial charge >= 0.3 is 0 Å². The molecule has 0 amide bonds. The first kappa shape index (κ1) is 6.39. The third-order valence-electron chi connectivity index (χ3n) is 1.23. The van der Waals surface area contributed by atoms with E-state index >= 15 is 0 Å². The number of hydrogen-bond acceptors (Lipinski definition) is 3. The molecule has 0 unspecified atom stereocenters. The van der Waals surface area contributed by atoms with Gasteiger partial charge in [-0.3, -0.25) is 5.43 Å². The average molecular weight is 132 g/mol. The second-order valence-corrected chi connectivity index (χ2v) is 2.78. The van der Waals surface area contributed by atoms with E-state index in [9.17, 15) is 0 Å². The van der Waals surface area contributed by atoms with Crippen LogP contribution in [0.5, 0.6) is 0 Å². The fourth-order valence-corrected chi connectivity index (χ4v) is 1.38. The Morgan fingerprint density at radius 1 is 1.75 bits per heavy atom. The lowest BCUT2D eigenvalue weighted by molar-refractivity contribution is 0.302. The lowest BCUT2D eigenvalue weighted by Gasteiger charge is -2.11. The van der Waals surface area contributed by atoms with E-state index in [0.29, 0.717) is 0 Å². The minimum absolute atomic E-state index is 1.12. The molecule has 0 radical (unpaired) electrons. The predicted molar refractivity (Wildman–Crippen MR) is 37.7 cm³/mol. The molecule has 0 aromatic heterocycles. The van der Waals surface area contributed by atoms with Crippen LogP contribution in [0, 0.1) is 0 Å². The van der Waals surface area contributed by atoms with E-state index in [4.69, 9.17) is 0 Å². The van der Waals surface area contributed by atoms with Crippen LogP contribution in [0.4, 0.5) is 0 Å². The van der Waals surface area contributed by atoms with Gasteiger partial charge in [-0.1, -0.05) is 0 Å². The Morgan fingerprint density at radius 3 is 3.12 bits per heavy atom. The number of thioether (sulfide) groups is 1. The highest BCUT2D eigenvalue weighted by Gasteiger charge is 2.07. The molecular formula is C5H12N2S. The van der Waals surface area contributed by atoms with E-state index < -0.39 is 0 Å². The maximum absolute atomic E-state index is 3.27. The van der Waals surface area contributed by atoms with E-state index in [1.807, 2.05) is 11.8 Å². The van der Waals surface area contributed by atoms with E-state index in [0.717, 1.165) is 5.88 Å². The first-order valence-electron chi connectivity index (χ1n) is 2.91. The van der Waals surface area contributed by atoms with Gasteiger partial charge < -0.3 is 0 Å². The molecule has 0 spiro atoms. The standard InChI is InChI=1S/C5H12N2S/c1-8-5-7-4-2-3-6-7/h6H,2-5H2,1H3. The lowest BCUT2D eigenvalue weighted by atomic mass is 10.5.